The van der Waals surface area contributed by atoms with Crippen molar-refractivity contribution < 1.29 is 19.8 Å². The lowest BCUT2D eigenvalue weighted by atomic mass is 9.99. The Bertz CT molecular complexity index is 815. The first kappa shape index (κ1) is 15.3. The zero-order chi connectivity index (χ0) is 16.4. The van der Waals surface area contributed by atoms with Crippen LogP contribution in [0, 0.1) is 0 Å². The number of fused-ring (bicyclic) bond motifs is 1. The lowest BCUT2D eigenvalue weighted by molar-refractivity contribution is -0.129. The van der Waals surface area contributed by atoms with Crippen LogP contribution < -0.4 is 5.32 Å². The van der Waals surface area contributed by atoms with Crippen molar-refractivity contribution in [3.8, 4) is 11.4 Å². The molecule has 0 bridgehead atoms. The second-order valence-electron chi connectivity index (χ2n) is 4.71. The molecule has 8 nitrogen and oxygen atoms in total. The number of anilines is 1. The van der Waals surface area contributed by atoms with E-state index in [0.29, 0.717) is 28.6 Å². The van der Waals surface area contributed by atoms with E-state index in [1.54, 1.807) is 5.38 Å². The van der Waals surface area contributed by atoms with E-state index in [1.165, 1.54) is 23.6 Å². The maximum atomic E-state index is 12.1. The van der Waals surface area contributed by atoms with Gasteiger partial charge in [0.15, 0.2) is 10.9 Å². The van der Waals surface area contributed by atoms with Crippen molar-refractivity contribution in [2.24, 2.45) is 4.99 Å². The molecule has 0 atom stereocenters. The summed E-state index contributed by atoms with van der Waals surface area (Å²) in [6.45, 7) is 0.349. The molecule has 3 rings (SSSR count). The van der Waals surface area contributed by atoms with Crippen molar-refractivity contribution >= 4 is 39.6 Å². The molecule has 0 saturated carbocycles. The van der Waals surface area contributed by atoms with Gasteiger partial charge in [0.1, 0.15) is 22.8 Å². The standard InChI is InChI=1S/C14H12N4O4S/c19-4-3-16-14-18-9(6-23-14)12-11-7(1-2-15-12)10(20)5-8(17-11)13(21)22/h1-2,6,19H,3-5H2,(H,16,18)(H,21,22). The van der Waals surface area contributed by atoms with E-state index in [1.807, 2.05) is 0 Å². The number of nitrogens with zero attached hydrogens (tertiary/aromatic N) is 3. The Balaban J connectivity index is 2.05. The number of aliphatic hydroxyl groups is 1. The molecule has 3 N–H and O–H groups in total. The Hall–Kier alpha value is -2.65. The van der Waals surface area contributed by atoms with E-state index in [4.69, 9.17) is 10.2 Å². The highest BCUT2D eigenvalue weighted by atomic mass is 32.1. The number of carbonyl (C=O) groups excluding carboxylic acids is 1. The summed E-state index contributed by atoms with van der Waals surface area (Å²) in [4.78, 5) is 35.8. The van der Waals surface area contributed by atoms with Crippen LogP contribution in [0.5, 0.6) is 0 Å². The SMILES string of the molecule is O=C(O)C1=Nc2c(ccnc2-c2csc(NCCO)n2)C(=O)C1. The van der Waals surface area contributed by atoms with Crippen LogP contribution in [0.15, 0.2) is 22.6 Å². The number of Topliss-reactive ketones (excluding diaryl/α,β-unsaturated/α-hetero) is 1. The minimum absolute atomic E-state index is 0.0192. The fourth-order valence-electron chi connectivity index (χ4n) is 2.15. The fourth-order valence-corrected chi connectivity index (χ4v) is 2.88. The number of aliphatic hydroxyl groups excluding tert-OH is 1. The average Bonchev–Trinajstić information content (AvgIpc) is 3.01. The van der Waals surface area contributed by atoms with Crippen LogP contribution in [0.25, 0.3) is 11.4 Å². The van der Waals surface area contributed by atoms with E-state index in [-0.39, 0.29) is 30.2 Å². The summed E-state index contributed by atoms with van der Waals surface area (Å²) in [6.07, 6.45) is 1.25. The van der Waals surface area contributed by atoms with E-state index in [2.05, 4.69) is 20.3 Å². The molecule has 3 heterocycles. The van der Waals surface area contributed by atoms with Gasteiger partial charge in [-0.1, -0.05) is 0 Å². The van der Waals surface area contributed by atoms with Crippen LogP contribution in [0.4, 0.5) is 10.8 Å². The topological polar surface area (TPSA) is 125 Å². The molecule has 0 aromatic carbocycles. The van der Waals surface area contributed by atoms with Gasteiger partial charge in [0.25, 0.3) is 0 Å². The van der Waals surface area contributed by atoms with Gasteiger partial charge in [-0.15, -0.1) is 11.3 Å². The smallest absolute Gasteiger partial charge is 0.350 e. The average molecular weight is 332 g/mol. The van der Waals surface area contributed by atoms with Crippen LogP contribution in [0.3, 0.4) is 0 Å². The number of pyridine rings is 1. The minimum Gasteiger partial charge on any atom is -0.477 e. The van der Waals surface area contributed by atoms with Gasteiger partial charge in [-0.25, -0.2) is 14.8 Å². The van der Waals surface area contributed by atoms with Crippen LogP contribution in [0.1, 0.15) is 16.8 Å². The second kappa shape index (κ2) is 6.23. The van der Waals surface area contributed by atoms with Crippen molar-refractivity contribution in [3.05, 3.63) is 23.2 Å². The molecule has 23 heavy (non-hydrogen) atoms. The summed E-state index contributed by atoms with van der Waals surface area (Å²) >= 11 is 1.32. The number of carboxylic acids is 1. The number of aliphatic imine (C=N–C) groups is 1. The number of rotatable bonds is 5. The number of hydrogen-bond acceptors (Lipinski definition) is 8. The third kappa shape index (κ3) is 2.96. The van der Waals surface area contributed by atoms with Gasteiger partial charge in [-0.2, -0.15) is 0 Å². The molecule has 0 saturated heterocycles. The predicted octanol–water partition coefficient (Wildman–Crippen LogP) is 1.35. The van der Waals surface area contributed by atoms with Crippen LogP contribution >= 0.6 is 11.3 Å². The lowest BCUT2D eigenvalue weighted by Gasteiger charge is -2.14. The molecule has 118 valence electrons. The van der Waals surface area contributed by atoms with E-state index < -0.39 is 5.97 Å². The van der Waals surface area contributed by atoms with Gasteiger partial charge in [0.2, 0.25) is 0 Å². The van der Waals surface area contributed by atoms with Gasteiger partial charge >= 0.3 is 5.97 Å². The molecule has 1 aliphatic rings. The van der Waals surface area contributed by atoms with Gasteiger partial charge in [-0.05, 0) is 6.07 Å². The van der Waals surface area contributed by atoms with Crippen molar-refractivity contribution in [2.75, 3.05) is 18.5 Å². The third-order valence-corrected chi connectivity index (χ3v) is 3.98. The number of thiazole rings is 1. The molecular formula is C14H12N4O4S. The summed E-state index contributed by atoms with van der Waals surface area (Å²) in [5, 5.41) is 23.2. The van der Waals surface area contributed by atoms with Crippen LogP contribution in [0.2, 0.25) is 0 Å². The van der Waals surface area contributed by atoms with Crippen molar-refractivity contribution in [2.45, 2.75) is 6.42 Å². The summed E-state index contributed by atoms with van der Waals surface area (Å²) in [5.41, 5.74) is 1.24. The van der Waals surface area contributed by atoms with E-state index >= 15 is 0 Å². The fraction of sp³-hybridized carbons (Fsp3) is 0.214. The molecule has 0 aliphatic carbocycles. The molecule has 1 aliphatic heterocycles. The highest BCUT2D eigenvalue weighted by molar-refractivity contribution is 7.14. The van der Waals surface area contributed by atoms with Crippen LogP contribution in [-0.4, -0.2) is 50.8 Å². The number of aromatic nitrogens is 2. The van der Waals surface area contributed by atoms with E-state index in [9.17, 15) is 9.59 Å². The first-order valence-electron chi connectivity index (χ1n) is 6.74. The first-order valence-corrected chi connectivity index (χ1v) is 7.62. The highest BCUT2D eigenvalue weighted by Gasteiger charge is 2.27. The Morgan fingerprint density at radius 2 is 2.26 bits per heavy atom. The maximum Gasteiger partial charge on any atom is 0.350 e. The zero-order valence-electron chi connectivity index (χ0n) is 11.8. The van der Waals surface area contributed by atoms with Gasteiger partial charge < -0.3 is 15.5 Å². The monoisotopic (exact) mass is 332 g/mol. The molecule has 9 heteroatoms. The number of carbonyl (C=O) groups is 2. The number of carboxylic acid groups (broad SMARTS) is 1. The lowest BCUT2D eigenvalue weighted by Crippen LogP contribution is -2.21. The molecule has 2 aromatic heterocycles. The molecule has 0 unspecified atom stereocenters. The Kier molecular flexibility index (Phi) is 4.13. The molecule has 0 radical (unpaired) electrons. The van der Waals surface area contributed by atoms with Crippen molar-refractivity contribution in [3.63, 3.8) is 0 Å². The Morgan fingerprint density at radius 3 is 3.00 bits per heavy atom. The molecule has 0 fully saturated rings. The van der Waals surface area contributed by atoms with Crippen molar-refractivity contribution in [1.29, 1.82) is 0 Å². The van der Waals surface area contributed by atoms with Crippen molar-refractivity contribution in [1.82, 2.24) is 9.97 Å². The number of hydrogen-bond donors (Lipinski definition) is 3. The molecule has 0 amide bonds. The van der Waals surface area contributed by atoms with Gasteiger partial charge in [0.05, 0.1) is 13.0 Å². The third-order valence-electron chi connectivity index (χ3n) is 3.18. The number of nitrogens with one attached hydrogen (secondary N) is 1. The minimum atomic E-state index is -1.22. The summed E-state index contributed by atoms with van der Waals surface area (Å²) < 4.78 is 0. The maximum absolute atomic E-state index is 12.1. The summed E-state index contributed by atoms with van der Waals surface area (Å²) in [7, 11) is 0. The zero-order valence-corrected chi connectivity index (χ0v) is 12.6. The predicted molar refractivity (Wildman–Crippen MR) is 84.6 cm³/mol. The van der Waals surface area contributed by atoms with Gasteiger partial charge in [-0.3, -0.25) is 9.78 Å². The largest absolute Gasteiger partial charge is 0.477 e. The molecule has 0 spiro atoms. The highest BCUT2D eigenvalue weighted by Crippen LogP contribution is 2.36. The first-order chi connectivity index (χ1) is 11.1. The van der Waals surface area contributed by atoms with Gasteiger partial charge in [0, 0.05) is 23.7 Å². The quantitative estimate of drug-likeness (QED) is 0.754. The molecule has 2 aromatic rings. The number of aliphatic carboxylic acids is 1. The Morgan fingerprint density at radius 1 is 1.43 bits per heavy atom. The molecular weight excluding hydrogens is 320 g/mol. The van der Waals surface area contributed by atoms with E-state index in [0.717, 1.165) is 0 Å². The Labute approximate surface area is 134 Å². The number of ketones is 1. The summed E-state index contributed by atoms with van der Waals surface area (Å²) in [5.74, 6) is -1.52. The van der Waals surface area contributed by atoms with Crippen LogP contribution in [-0.2, 0) is 4.79 Å². The normalized spacial score (nSPS) is 13.4. The second-order valence-corrected chi connectivity index (χ2v) is 5.57. The summed E-state index contributed by atoms with van der Waals surface area (Å²) in [6, 6.07) is 1.53.